The van der Waals surface area contributed by atoms with Crippen LogP contribution in [0.5, 0.6) is 0 Å². The highest BCUT2D eigenvalue weighted by molar-refractivity contribution is 7.84. The first kappa shape index (κ1) is 11.6. The van der Waals surface area contributed by atoms with Gasteiger partial charge in [-0.05, 0) is 0 Å². The quantitative estimate of drug-likeness (QED) is 0.439. The molecule has 0 aliphatic heterocycles. The molecule has 0 aromatic carbocycles. The molecule has 0 fully saturated rings. The number of hydrogen-bond acceptors (Lipinski definition) is 5. The summed E-state index contributed by atoms with van der Waals surface area (Å²) in [4.78, 5) is 0. The van der Waals surface area contributed by atoms with E-state index in [1.54, 1.807) is 0 Å². The van der Waals surface area contributed by atoms with Crippen molar-refractivity contribution in [2.45, 2.75) is 11.4 Å². The van der Waals surface area contributed by atoms with E-state index in [2.05, 4.69) is 25.3 Å². The monoisotopic (exact) mass is 198 g/mol. The molecule has 2 atom stereocenters. The van der Waals surface area contributed by atoms with Gasteiger partial charge in [-0.15, -0.1) is 0 Å². The Morgan fingerprint density at radius 3 is 2.45 bits per heavy atom. The topological polar surface area (TPSA) is 49.7 Å². The number of ether oxygens (including phenoxy) is 1. The van der Waals surface area contributed by atoms with Gasteiger partial charge in [0, 0.05) is 11.0 Å². The van der Waals surface area contributed by atoms with Crippen LogP contribution in [0, 0.1) is 0 Å². The number of aliphatic hydroxyl groups excluding tert-OH is 2. The summed E-state index contributed by atoms with van der Waals surface area (Å²) in [5, 5.41) is 17.3. The predicted molar refractivity (Wildman–Crippen MR) is 50.5 cm³/mol. The van der Waals surface area contributed by atoms with Gasteiger partial charge in [0.05, 0.1) is 19.8 Å². The molecule has 11 heavy (non-hydrogen) atoms. The molecule has 0 rings (SSSR count). The predicted octanol–water partition coefficient (Wildman–Crippen LogP) is -0.416. The van der Waals surface area contributed by atoms with Crippen molar-refractivity contribution < 1.29 is 14.9 Å². The molecule has 0 saturated carbocycles. The van der Waals surface area contributed by atoms with Crippen LogP contribution in [0.4, 0.5) is 0 Å². The zero-order valence-electron chi connectivity index (χ0n) is 6.18. The fourth-order valence-electron chi connectivity index (χ4n) is 0.446. The van der Waals surface area contributed by atoms with Crippen molar-refractivity contribution in [3.63, 3.8) is 0 Å². The second-order valence-electron chi connectivity index (χ2n) is 2.21. The number of aliphatic hydroxyl groups is 2. The Balaban J connectivity index is 3.13. The SMILES string of the molecule is OCC(O)COCC(S)CS. The van der Waals surface area contributed by atoms with E-state index in [0.29, 0.717) is 12.4 Å². The molecule has 3 nitrogen and oxygen atoms in total. The van der Waals surface area contributed by atoms with Gasteiger partial charge in [0.25, 0.3) is 0 Å². The maximum Gasteiger partial charge on any atom is 0.100 e. The molecule has 0 bridgehead atoms. The summed E-state index contributed by atoms with van der Waals surface area (Å²) in [6, 6.07) is 0. The van der Waals surface area contributed by atoms with E-state index in [0.717, 1.165) is 0 Å². The van der Waals surface area contributed by atoms with E-state index in [4.69, 9.17) is 14.9 Å². The summed E-state index contributed by atoms with van der Waals surface area (Å²) in [6.45, 7) is 0.336. The van der Waals surface area contributed by atoms with E-state index in [9.17, 15) is 0 Å². The molecule has 68 valence electrons. The van der Waals surface area contributed by atoms with E-state index < -0.39 is 6.10 Å². The lowest BCUT2D eigenvalue weighted by atomic mass is 10.4. The van der Waals surface area contributed by atoms with Gasteiger partial charge in [0.2, 0.25) is 0 Å². The molecule has 2 unspecified atom stereocenters. The van der Waals surface area contributed by atoms with Gasteiger partial charge in [0.15, 0.2) is 0 Å². The third-order valence-corrected chi connectivity index (χ3v) is 2.10. The van der Waals surface area contributed by atoms with Crippen LogP contribution in [0.2, 0.25) is 0 Å². The minimum atomic E-state index is -0.782. The van der Waals surface area contributed by atoms with Crippen LogP contribution in [0.15, 0.2) is 0 Å². The molecule has 5 heteroatoms. The third kappa shape index (κ3) is 6.96. The first-order valence-corrected chi connectivity index (χ1v) is 4.51. The van der Waals surface area contributed by atoms with E-state index in [1.807, 2.05) is 0 Å². The molecule has 0 aliphatic rings. The molecule has 0 amide bonds. The van der Waals surface area contributed by atoms with Crippen LogP contribution in [-0.4, -0.2) is 47.1 Å². The standard InChI is InChI=1S/C6H14O3S2/c7-1-5(8)2-9-3-6(11)4-10/h5-8,10-11H,1-4H2. The summed E-state index contributed by atoms with van der Waals surface area (Å²) in [7, 11) is 0. The highest BCUT2D eigenvalue weighted by atomic mass is 32.1. The van der Waals surface area contributed by atoms with Crippen LogP contribution < -0.4 is 0 Å². The Bertz CT molecular complexity index is 81.9. The molecule has 0 radical (unpaired) electrons. The molecule has 0 aromatic heterocycles. The molecule has 0 saturated heterocycles. The fraction of sp³-hybridized carbons (Fsp3) is 1.00. The summed E-state index contributed by atoms with van der Waals surface area (Å²) < 4.78 is 5.00. The summed E-state index contributed by atoms with van der Waals surface area (Å²) in [6.07, 6.45) is -0.782. The lowest BCUT2D eigenvalue weighted by molar-refractivity contribution is 0.00781. The Morgan fingerprint density at radius 1 is 1.36 bits per heavy atom. The fourth-order valence-corrected chi connectivity index (χ4v) is 0.656. The Morgan fingerprint density at radius 2 is 2.00 bits per heavy atom. The smallest absolute Gasteiger partial charge is 0.100 e. The van der Waals surface area contributed by atoms with Crippen LogP contribution >= 0.6 is 25.3 Å². The average Bonchev–Trinajstić information content (AvgIpc) is 2.04. The van der Waals surface area contributed by atoms with Crippen molar-refractivity contribution in [3.8, 4) is 0 Å². The van der Waals surface area contributed by atoms with E-state index in [1.165, 1.54) is 0 Å². The lowest BCUT2D eigenvalue weighted by Gasteiger charge is -2.10. The molecule has 0 heterocycles. The van der Waals surface area contributed by atoms with Crippen molar-refractivity contribution in [3.05, 3.63) is 0 Å². The van der Waals surface area contributed by atoms with Crippen molar-refractivity contribution in [1.29, 1.82) is 0 Å². The normalized spacial score (nSPS) is 16.4. The first-order valence-electron chi connectivity index (χ1n) is 3.36. The van der Waals surface area contributed by atoms with Gasteiger partial charge >= 0.3 is 0 Å². The van der Waals surface area contributed by atoms with Crippen molar-refractivity contribution >= 4 is 25.3 Å². The molecule has 2 N–H and O–H groups in total. The average molecular weight is 198 g/mol. The second kappa shape index (κ2) is 7.24. The Kier molecular flexibility index (Phi) is 7.62. The maximum atomic E-state index is 8.82. The number of rotatable bonds is 6. The zero-order valence-corrected chi connectivity index (χ0v) is 7.97. The third-order valence-electron chi connectivity index (χ3n) is 1.04. The molecule has 0 spiro atoms. The summed E-state index contributed by atoms with van der Waals surface area (Å²) in [5.41, 5.74) is 0. The van der Waals surface area contributed by atoms with Crippen LogP contribution in [0.25, 0.3) is 0 Å². The van der Waals surface area contributed by atoms with Crippen molar-refractivity contribution in [1.82, 2.24) is 0 Å². The first-order chi connectivity index (χ1) is 5.20. The van der Waals surface area contributed by atoms with Gasteiger partial charge in [-0.3, -0.25) is 0 Å². The maximum absolute atomic E-state index is 8.82. The van der Waals surface area contributed by atoms with Crippen molar-refractivity contribution in [2.24, 2.45) is 0 Å². The molecule has 0 aromatic rings. The molecular formula is C6H14O3S2. The van der Waals surface area contributed by atoms with E-state index in [-0.39, 0.29) is 18.5 Å². The van der Waals surface area contributed by atoms with Gasteiger partial charge in [-0.25, -0.2) is 0 Å². The van der Waals surface area contributed by atoms with Gasteiger partial charge in [-0.2, -0.15) is 25.3 Å². The lowest BCUT2D eigenvalue weighted by Crippen LogP contribution is -2.22. The molecular weight excluding hydrogens is 184 g/mol. The van der Waals surface area contributed by atoms with Gasteiger partial charge in [-0.1, -0.05) is 0 Å². The Hall–Kier alpha value is 0.580. The molecule has 0 aliphatic carbocycles. The highest BCUT2D eigenvalue weighted by Crippen LogP contribution is 1.98. The minimum absolute atomic E-state index is 0.0872. The largest absolute Gasteiger partial charge is 0.394 e. The highest BCUT2D eigenvalue weighted by Gasteiger charge is 2.04. The summed E-state index contributed by atoms with van der Waals surface area (Å²) >= 11 is 8.11. The van der Waals surface area contributed by atoms with Crippen LogP contribution in [0.3, 0.4) is 0 Å². The van der Waals surface area contributed by atoms with Crippen LogP contribution in [0.1, 0.15) is 0 Å². The minimum Gasteiger partial charge on any atom is -0.394 e. The Labute approximate surface area is 77.6 Å². The van der Waals surface area contributed by atoms with E-state index >= 15 is 0 Å². The second-order valence-corrected chi connectivity index (χ2v) is 3.31. The van der Waals surface area contributed by atoms with Crippen LogP contribution in [-0.2, 0) is 4.74 Å². The zero-order chi connectivity index (χ0) is 8.69. The number of hydrogen-bond donors (Lipinski definition) is 4. The van der Waals surface area contributed by atoms with Gasteiger partial charge in [0.1, 0.15) is 6.10 Å². The van der Waals surface area contributed by atoms with Crippen molar-refractivity contribution in [2.75, 3.05) is 25.6 Å². The number of thiol groups is 2. The van der Waals surface area contributed by atoms with Gasteiger partial charge < -0.3 is 14.9 Å². The summed E-state index contributed by atoms with van der Waals surface area (Å²) in [5.74, 6) is 0.637.